The number of carbonyl (C=O) groups is 1. The molecule has 0 saturated carbocycles. The molecule has 144 valence electrons. The van der Waals surface area contributed by atoms with Gasteiger partial charge in [0.05, 0.1) is 5.54 Å². The summed E-state index contributed by atoms with van der Waals surface area (Å²) in [6.45, 7) is 6.51. The Morgan fingerprint density at radius 3 is 2.26 bits per heavy atom. The lowest BCUT2D eigenvalue weighted by molar-refractivity contribution is -0.122. The average Bonchev–Trinajstić information content (AvgIpc) is 2.66. The fraction of sp³-hybridized carbons (Fsp3) is 0.409. The first-order valence-corrected chi connectivity index (χ1v) is 9.53. The minimum Gasteiger partial charge on any atom is -0.324 e. The maximum atomic E-state index is 13.0. The van der Waals surface area contributed by atoms with Crippen molar-refractivity contribution < 1.29 is 9.18 Å². The zero-order chi connectivity index (χ0) is 19.4. The van der Waals surface area contributed by atoms with Gasteiger partial charge in [0.15, 0.2) is 0 Å². The number of nitrogens with one attached hydrogen (secondary N) is 1. The van der Waals surface area contributed by atoms with E-state index in [1.807, 2.05) is 24.3 Å². The highest BCUT2D eigenvalue weighted by Crippen LogP contribution is 2.24. The van der Waals surface area contributed by atoms with E-state index >= 15 is 0 Å². The Bertz CT molecular complexity index is 763. The van der Waals surface area contributed by atoms with Gasteiger partial charge in [0.1, 0.15) is 5.82 Å². The van der Waals surface area contributed by atoms with Gasteiger partial charge in [-0.3, -0.25) is 9.69 Å². The molecule has 4 nitrogen and oxygen atoms in total. The molecule has 1 amide bonds. The molecule has 2 aromatic carbocycles. The molecule has 0 unspecified atom stereocenters. The summed E-state index contributed by atoms with van der Waals surface area (Å²) < 4.78 is 13.0. The molecule has 5 heteroatoms. The Hall–Kier alpha value is -2.24. The van der Waals surface area contributed by atoms with Crippen LogP contribution in [-0.2, 0) is 11.3 Å². The number of rotatable bonds is 5. The number of halogens is 1. The summed E-state index contributed by atoms with van der Waals surface area (Å²) in [5, 5.41) is 2.96. The van der Waals surface area contributed by atoms with Crippen molar-refractivity contribution in [1.29, 1.82) is 0 Å². The summed E-state index contributed by atoms with van der Waals surface area (Å²) in [6, 6.07) is 14.5. The predicted octanol–water partition coefficient (Wildman–Crippen LogP) is 3.88. The van der Waals surface area contributed by atoms with Crippen LogP contribution in [0.4, 0.5) is 10.1 Å². The number of carbonyl (C=O) groups excluding carboxylic acids is 1. The molecule has 0 aromatic heterocycles. The number of nitrogens with two attached hydrogens (primary N) is 1. The summed E-state index contributed by atoms with van der Waals surface area (Å²) in [5.74, 6) is 0.110. The highest BCUT2D eigenvalue weighted by atomic mass is 19.1. The Morgan fingerprint density at radius 1 is 1.11 bits per heavy atom. The van der Waals surface area contributed by atoms with Gasteiger partial charge < -0.3 is 11.1 Å². The third-order valence-corrected chi connectivity index (χ3v) is 5.36. The van der Waals surface area contributed by atoms with E-state index in [1.54, 1.807) is 12.1 Å². The highest BCUT2D eigenvalue weighted by Gasteiger charge is 2.37. The summed E-state index contributed by atoms with van der Waals surface area (Å²) in [5.41, 5.74) is 8.65. The Balaban J connectivity index is 1.54. The van der Waals surface area contributed by atoms with E-state index in [0.717, 1.165) is 30.9 Å². The van der Waals surface area contributed by atoms with Gasteiger partial charge in [-0.1, -0.05) is 38.1 Å². The largest absolute Gasteiger partial charge is 0.324 e. The monoisotopic (exact) mass is 369 g/mol. The lowest BCUT2D eigenvalue weighted by Gasteiger charge is -2.38. The van der Waals surface area contributed by atoms with E-state index in [2.05, 4.69) is 24.1 Å². The molecule has 1 saturated heterocycles. The van der Waals surface area contributed by atoms with Crippen molar-refractivity contribution in [3.05, 3.63) is 65.5 Å². The van der Waals surface area contributed by atoms with Crippen molar-refractivity contribution in [2.45, 2.75) is 44.7 Å². The SMILES string of the molecule is CC(C)c1ccc(NC(=O)C2(N)CCN(Cc3ccc(F)cc3)CC2)cc1. The topological polar surface area (TPSA) is 58.4 Å². The second-order valence-electron chi connectivity index (χ2n) is 7.79. The maximum absolute atomic E-state index is 13.0. The second-order valence-corrected chi connectivity index (χ2v) is 7.79. The van der Waals surface area contributed by atoms with Crippen LogP contribution in [-0.4, -0.2) is 29.4 Å². The lowest BCUT2D eigenvalue weighted by atomic mass is 9.87. The van der Waals surface area contributed by atoms with Gasteiger partial charge in [0.2, 0.25) is 5.91 Å². The number of hydrogen-bond donors (Lipinski definition) is 2. The zero-order valence-electron chi connectivity index (χ0n) is 16.0. The van der Waals surface area contributed by atoms with Gasteiger partial charge in [0, 0.05) is 25.3 Å². The molecule has 0 radical (unpaired) electrons. The lowest BCUT2D eigenvalue weighted by Crippen LogP contribution is -2.57. The summed E-state index contributed by atoms with van der Waals surface area (Å²) in [6.07, 6.45) is 1.20. The van der Waals surface area contributed by atoms with Crippen LogP contribution in [0.15, 0.2) is 48.5 Å². The Morgan fingerprint density at radius 2 is 1.70 bits per heavy atom. The van der Waals surface area contributed by atoms with E-state index in [4.69, 9.17) is 5.73 Å². The number of anilines is 1. The first-order valence-electron chi connectivity index (χ1n) is 9.53. The molecule has 3 N–H and O–H groups in total. The molecule has 1 heterocycles. The van der Waals surface area contributed by atoms with Crippen LogP contribution in [0.3, 0.4) is 0 Å². The van der Waals surface area contributed by atoms with Crippen molar-refractivity contribution in [3.8, 4) is 0 Å². The number of amides is 1. The zero-order valence-corrected chi connectivity index (χ0v) is 16.0. The smallest absolute Gasteiger partial charge is 0.244 e. The molecule has 0 atom stereocenters. The van der Waals surface area contributed by atoms with Crippen LogP contribution in [0.5, 0.6) is 0 Å². The number of likely N-dealkylation sites (tertiary alicyclic amines) is 1. The molecule has 1 aliphatic heterocycles. The van der Waals surface area contributed by atoms with Crippen LogP contribution in [0.1, 0.15) is 43.7 Å². The molecule has 0 bridgehead atoms. The molecule has 0 aliphatic carbocycles. The van der Waals surface area contributed by atoms with E-state index in [0.29, 0.717) is 18.8 Å². The first-order chi connectivity index (χ1) is 12.9. The summed E-state index contributed by atoms with van der Waals surface area (Å²) in [4.78, 5) is 15.0. The van der Waals surface area contributed by atoms with Crippen LogP contribution in [0, 0.1) is 5.82 Å². The molecule has 1 aliphatic rings. The number of nitrogens with zero attached hydrogens (tertiary/aromatic N) is 1. The number of piperidine rings is 1. The van der Waals surface area contributed by atoms with Crippen LogP contribution in [0.25, 0.3) is 0 Å². The van der Waals surface area contributed by atoms with E-state index < -0.39 is 5.54 Å². The van der Waals surface area contributed by atoms with Crippen molar-refractivity contribution >= 4 is 11.6 Å². The molecular formula is C22H28FN3O. The summed E-state index contributed by atoms with van der Waals surface area (Å²) >= 11 is 0. The van der Waals surface area contributed by atoms with Crippen LogP contribution < -0.4 is 11.1 Å². The average molecular weight is 369 g/mol. The Kier molecular flexibility index (Phi) is 5.92. The highest BCUT2D eigenvalue weighted by molar-refractivity contribution is 5.98. The maximum Gasteiger partial charge on any atom is 0.244 e. The van der Waals surface area contributed by atoms with Crippen molar-refractivity contribution in [3.63, 3.8) is 0 Å². The molecule has 0 spiro atoms. The molecule has 3 rings (SSSR count). The number of hydrogen-bond acceptors (Lipinski definition) is 3. The number of benzene rings is 2. The van der Waals surface area contributed by atoms with Gasteiger partial charge in [0.25, 0.3) is 0 Å². The van der Waals surface area contributed by atoms with Crippen molar-refractivity contribution in [2.75, 3.05) is 18.4 Å². The minimum atomic E-state index is -0.851. The fourth-order valence-electron chi connectivity index (χ4n) is 3.39. The molecule has 27 heavy (non-hydrogen) atoms. The third-order valence-electron chi connectivity index (χ3n) is 5.36. The second kappa shape index (κ2) is 8.19. The summed E-state index contributed by atoms with van der Waals surface area (Å²) in [7, 11) is 0. The fourth-order valence-corrected chi connectivity index (χ4v) is 3.39. The minimum absolute atomic E-state index is 0.124. The first kappa shape index (κ1) is 19.5. The van der Waals surface area contributed by atoms with E-state index in [9.17, 15) is 9.18 Å². The van der Waals surface area contributed by atoms with Gasteiger partial charge in [-0.05, 0) is 54.2 Å². The molecule has 2 aromatic rings. The van der Waals surface area contributed by atoms with Gasteiger partial charge in [-0.15, -0.1) is 0 Å². The van der Waals surface area contributed by atoms with Gasteiger partial charge in [-0.2, -0.15) is 0 Å². The van der Waals surface area contributed by atoms with E-state index in [1.165, 1.54) is 17.7 Å². The Labute approximate surface area is 160 Å². The van der Waals surface area contributed by atoms with Crippen molar-refractivity contribution in [2.24, 2.45) is 5.73 Å². The third kappa shape index (κ3) is 4.93. The molecular weight excluding hydrogens is 341 g/mol. The normalized spacial score (nSPS) is 17.1. The van der Waals surface area contributed by atoms with Crippen LogP contribution >= 0.6 is 0 Å². The van der Waals surface area contributed by atoms with E-state index in [-0.39, 0.29) is 11.7 Å². The van der Waals surface area contributed by atoms with Gasteiger partial charge in [-0.25, -0.2) is 4.39 Å². The predicted molar refractivity (Wildman–Crippen MR) is 107 cm³/mol. The molecule has 1 fully saturated rings. The van der Waals surface area contributed by atoms with Crippen molar-refractivity contribution in [1.82, 2.24) is 4.90 Å². The van der Waals surface area contributed by atoms with Gasteiger partial charge >= 0.3 is 0 Å². The quantitative estimate of drug-likeness (QED) is 0.841. The standard InChI is InChI=1S/C22H28FN3O/c1-16(2)18-5-9-20(10-6-18)25-21(27)22(24)11-13-26(14-12-22)15-17-3-7-19(23)8-4-17/h3-10,16H,11-15,24H2,1-2H3,(H,25,27). The van der Waals surface area contributed by atoms with Crippen LogP contribution in [0.2, 0.25) is 0 Å².